The zero-order valence-corrected chi connectivity index (χ0v) is 9.31. The Kier molecular flexibility index (Phi) is 3.93. The molecule has 3 nitrogen and oxygen atoms in total. The van der Waals surface area contributed by atoms with E-state index in [1.807, 2.05) is 6.92 Å². The van der Waals surface area contributed by atoms with Gasteiger partial charge in [0.05, 0.1) is 0 Å². The summed E-state index contributed by atoms with van der Waals surface area (Å²) in [4.78, 5) is 11.8. The first-order valence-corrected chi connectivity index (χ1v) is 5.58. The Balaban J connectivity index is 2.27. The number of carbonyl (C=O) groups excluding carboxylic acids is 1. The molecule has 1 rings (SSSR count). The van der Waals surface area contributed by atoms with Crippen LogP contribution >= 0.6 is 0 Å². The number of amides is 1. The molecule has 14 heavy (non-hydrogen) atoms. The molecule has 0 aromatic carbocycles. The van der Waals surface area contributed by atoms with E-state index in [1.54, 1.807) is 0 Å². The van der Waals surface area contributed by atoms with Crippen LogP contribution < -0.4 is 11.1 Å². The van der Waals surface area contributed by atoms with E-state index in [1.165, 1.54) is 12.8 Å². The van der Waals surface area contributed by atoms with E-state index in [4.69, 9.17) is 5.73 Å². The van der Waals surface area contributed by atoms with Crippen LogP contribution in [0.2, 0.25) is 0 Å². The molecule has 1 saturated carbocycles. The zero-order valence-electron chi connectivity index (χ0n) is 9.31. The first-order valence-electron chi connectivity index (χ1n) is 5.58. The van der Waals surface area contributed by atoms with Crippen molar-refractivity contribution < 1.29 is 4.79 Å². The summed E-state index contributed by atoms with van der Waals surface area (Å²) in [6.45, 7) is 4.75. The van der Waals surface area contributed by atoms with Gasteiger partial charge in [0, 0.05) is 18.0 Å². The van der Waals surface area contributed by atoms with Gasteiger partial charge in [-0.25, -0.2) is 0 Å². The lowest BCUT2D eigenvalue weighted by molar-refractivity contribution is -0.129. The smallest absolute Gasteiger partial charge is 0.225 e. The Morgan fingerprint density at radius 2 is 2.07 bits per heavy atom. The summed E-state index contributed by atoms with van der Waals surface area (Å²) < 4.78 is 0. The minimum atomic E-state index is -0.0994. The first kappa shape index (κ1) is 11.5. The van der Waals surface area contributed by atoms with Gasteiger partial charge in [0.25, 0.3) is 0 Å². The highest BCUT2D eigenvalue weighted by molar-refractivity contribution is 5.82. The fraction of sp³-hybridized carbons (Fsp3) is 0.909. The second-order valence-corrected chi connectivity index (χ2v) is 4.79. The molecule has 1 aliphatic carbocycles. The van der Waals surface area contributed by atoms with Gasteiger partial charge in [0.2, 0.25) is 5.91 Å². The second kappa shape index (κ2) is 4.78. The van der Waals surface area contributed by atoms with Gasteiger partial charge in [-0.15, -0.1) is 0 Å². The van der Waals surface area contributed by atoms with Crippen molar-refractivity contribution in [1.82, 2.24) is 5.32 Å². The van der Waals surface area contributed by atoms with Crippen LogP contribution in [-0.4, -0.2) is 18.5 Å². The molecule has 1 fully saturated rings. The molecule has 1 aliphatic rings. The maximum Gasteiger partial charge on any atom is 0.225 e. The van der Waals surface area contributed by atoms with Crippen LogP contribution in [0.5, 0.6) is 0 Å². The summed E-state index contributed by atoms with van der Waals surface area (Å²) in [6.07, 6.45) is 5.32. The van der Waals surface area contributed by atoms with Crippen molar-refractivity contribution in [1.29, 1.82) is 0 Å². The van der Waals surface area contributed by atoms with Crippen LogP contribution in [0.3, 0.4) is 0 Å². The molecule has 0 aromatic heterocycles. The molecule has 0 spiro atoms. The molecule has 0 radical (unpaired) electrons. The van der Waals surface area contributed by atoms with Gasteiger partial charge in [-0.1, -0.05) is 19.8 Å². The zero-order chi connectivity index (χ0) is 10.6. The van der Waals surface area contributed by atoms with Crippen molar-refractivity contribution in [2.45, 2.75) is 52.0 Å². The number of nitrogens with two attached hydrogens (primary N) is 1. The molecule has 1 atom stereocenters. The van der Waals surface area contributed by atoms with Crippen LogP contribution in [0, 0.1) is 5.41 Å². The Morgan fingerprint density at radius 1 is 1.50 bits per heavy atom. The minimum Gasteiger partial charge on any atom is -0.356 e. The molecule has 3 N–H and O–H groups in total. The molecule has 0 aromatic rings. The van der Waals surface area contributed by atoms with Crippen LogP contribution in [0.25, 0.3) is 0 Å². The molecule has 82 valence electrons. The topological polar surface area (TPSA) is 55.1 Å². The third kappa shape index (κ3) is 2.98. The van der Waals surface area contributed by atoms with Crippen molar-refractivity contribution in [2.75, 3.05) is 6.54 Å². The number of rotatable bonds is 4. The monoisotopic (exact) mass is 198 g/mol. The SMILES string of the molecule is CC(N)CCNC(=O)C1(C)CCCC1. The highest BCUT2D eigenvalue weighted by Gasteiger charge is 2.35. The highest BCUT2D eigenvalue weighted by atomic mass is 16.2. The summed E-state index contributed by atoms with van der Waals surface area (Å²) in [5.74, 6) is 0.218. The summed E-state index contributed by atoms with van der Waals surface area (Å²) >= 11 is 0. The summed E-state index contributed by atoms with van der Waals surface area (Å²) in [5.41, 5.74) is 5.51. The lowest BCUT2D eigenvalue weighted by Crippen LogP contribution is -2.38. The van der Waals surface area contributed by atoms with Crippen molar-refractivity contribution in [3.05, 3.63) is 0 Å². The van der Waals surface area contributed by atoms with E-state index < -0.39 is 0 Å². The third-order valence-electron chi connectivity index (χ3n) is 3.14. The Morgan fingerprint density at radius 3 is 2.57 bits per heavy atom. The number of nitrogens with one attached hydrogen (secondary N) is 1. The van der Waals surface area contributed by atoms with Crippen molar-refractivity contribution in [2.24, 2.45) is 11.1 Å². The predicted molar refractivity (Wildman–Crippen MR) is 57.9 cm³/mol. The minimum absolute atomic E-state index is 0.0994. The Hall–Kier alpha value is -0.570. The lowest BCUT2D eigenvalue weighted by atomic mass is 9.88. The molecular weight excluding hydrogens is 176 g/mol. The number of carbonyl (C=O) groups is 1. The van der Waals surface area contributed by atoms with Gasteiger partial charge < -0.3 is 11.1 Å². The number of hydrogen-bond donors (Lipinski definition) is 2. The molecule has 0 aliphatic heterocycles. The van der Waals surface area contributed by atoms with E-state index in [2.05, 4.69) is 12.2 Å². The van der Waals surface area contributed by atoms with Gasteiger partial charge >= 0.3 is 0 Å². The largest absolute Gasteiger partial charge is 0.356 e. The molecule has 0 saturated heterocycles. The summed E-state index contributed by atoms with van der Waals surface area (Å²) in [7, 11) is 0. The molecule has 0 bridgehead atoms. The quantitative estimate of drug-likeness (QED) is 0.718. The summed E-state index contributed by atoms with van der Waals surface area (Å²) in [6, 6.07) is 0.173. The molecule has 1 amide bonds. The fourth-order valence-electron chi connectivity index (χ4n) is 2.01. The van der Waals surface area contributed by atoms with E-state index >= 15 is 0 Å². The average Bonchev–Trinajstić information content (AvgIpc) is 2.52. The van der Waals surface area contributed by atoms with Crippen LogP contribution in [0.15, 0.2) is 0 Å². The van der Waals surface area contributed by atoms with Gasteiger partial charge in [0.15, 0.2) is 0 Å². The second-order valence-electron chi connectivity index (χ2n) is 4.79. The molecule has 0 heterocycles. The Labute approximate surface area is 86.4 Å². The van der Waals surface area contributed by atoms with Gasteiger partial charge in [-0.3, -0.25) is 4.79 Å². The van der Waals surface area contributed by atoms with Crippen molar-refractivity contribution in [3.63, 3.8) is 0 Å². The van der Waals surface area contributed by atoms with Crippen LogP contribution in [0.4, 0.5) is 0 Å². The van der Waals surface area contributed by atoms with Crippen LogP contribution in [-0.2, 0) is 4.79 Å². The maximum absolute atomic E-state index is 11.8. The summed E-state index contributed by atoms with van der Waals surface area (Å²) in [5, 5.41) is 2.98. The molecule has 1 unspecified atom stereocenters. The fourth-order valence-corrected chi connectivity index (χ4v) is 2.01. The van der Waals surface area contributed by atoms with Crippen molar-refractivity contribution >= 4 is 5.91 Å². The van der Waals surface area contributed by atoms with E-state index in [-0.39, 0.29) is 17.4 Å². The molecular formula is C11H22N2O. The lowest BCUT2D eigenvalue weighted by Gasteiger charge is -2.22. The number of hydrogen-bond acceptors (Lipinski definition) is 2. The van der Waals surface area contributed by atoms with E-state index in [0.717, 1.165) is 19.3 Å². The normalized spacial score (nSPS) is 21.9. The van der Waals surface area contributed by atoms with Crippen LogP contribution in [0.1, 0.15) is 46.0 Å². The average molecular weight is 198 g/mol. The first-order chi connectivity index (χ1) is 6.54. The predicted octanol–water partition coefficient (Wildman–Crippen LogP) is 1.42. The maximum atomic E-state index is 11.8. The standard InChI is InChI=1S/C11H22N2O/c1-9(12)5-8-13-10(14)11(2)6-3-4-7-11/h9H,3-8,12H2,1-2H3,(H,13,14). The van der Waals surface area contributed by atoms with Gasteiger partial charge in [0.1, 0.15) is 0 Å². The van der Waals surface area contributed by atoms with Crippen molar-refractivity contribution in [3.8, 4) is 0 Å². The highest BCUT2D eigenvalue weighted by Crippen LogP contribution is 2.37. The van der Waals surface area contributed by atoms with E-state index in [0.29, 0.717) is 6.54 Å². The molecule has 3 heteroatoms. The Bertz CT molecular complexity index is 195. The van der Waals surface area contributed by atoms with E-state index in [9.17, 15) is 4.79 Å². The van der Waals surface area contributed by atoms with Gasteiger partial charge in [-0.2, -0.15) is 0 Å². The third-order valence-corrected chi connectivity index (χ3v) is 3.14. The van der Waals surface area contributed by atoms with Gasteiger partial charge in [-0.05, 0) is 26.2 Å².